The standard InChI is InChI=1S/C11H16ClNOS/c12-6-9-8-15-11(13-9)7-14-10-4-2-1-3-5-10/h8,10H,1-7H2. The van der Waals surface area contributed by atoms with Gasteiger partial charge in [-0.1, -0.05) is 19.3 Å². The molecule has 1 heterocycles. The zero-order valence-electron chi connectivity index (χ0n) is 8.75. The molecule has 1 saturated carbocycles. The van der Waals surface area contributed by atoms with Gasteiger partial charge in [0.2, 0.25) is 0 Å². The number of thiazole rings is 1. The van der Waals surface area contributed by atoms with Crippen LogP contribution in [0.15, 0.2) is 5.38 Å². The summed E-state index contributed by atoms with van der Waals surface area (Å²) < 4.78 is 5.83. The van der Waals surface area contributed by atoms with E-state index < -0.39 is 0 Å². The first-order valence-electron chi connectivity index (χ1n) is 5.49. The second-order valence-electron chi connectivity index (χ2n) is 3.94. The van der Waals surface area contributed by atoms with E-state index in [1.807, 2.05) is 5.38 Å². The van der Waals surface area contributed by atoms with Crippen LogP contribution in [0.25, 0.3) is 0 Å². The molecule has 0 radical (unpaired) electrons. The van der Waals surface area contributed by atoms with Crippen LogP contribution in [0.3, 0.4) is 0 Å². The number of alkyl halides is 1. The predicted molar refractivity (Wildman–Crippen MR) is 63.3 cm³/mol. The molecule has 15 heavy (non-hydrogen) atoms. The van der Waals surface area contributed by atoms with Crippen LogP contribution in [0.5, 0.6) is 0 Å². The Hall–Kier alpha value is -0.120. The predicted octanol–water partition coefficient (Wildman–Crippen LogP) is 3.73. The molecule has 2 nitrogen and oxygen atoms in total. The van der Waals surface area contributed by atoms with Crippen molar-refractivity contribution in [1.82, 2.24) is 4.98 Å². The van der Waals surface area contributed by atoms with Crippen molar-refractivity contribution >= 4 is 22.9 Å². The van der Waals surface area contributed by atoms with E-state index in [0.717, 1.165) is 10.7 Å². The minimum Gasteiger partial charge on any atom is -0.371 e. The van der Waals surface area contributed by atoms with Crippen LogP contribution in [0.4, 0.5) is 0 Å². The third kappa shape index (κ3) is 3.44. The second-order valence-corrected chi connectivity index (χ2v) is 5.15. The fraction of sp³-hybridized carbons (Fsp3) is 0.727. The van der Waals surface area contributed by atoms with Crippen LogP contribution in [-0.2, 0) is 17.2 Å². The van der Waals surface area contributed by atoms with Gasteiger partial charge in [-0.25, -0.2) is 4.98 Å². The molecule has 1 aliphatic rings. The molecule has 1 aromatic heterocycles. The summed E-state index contributed by atoms with van der Waals surface area (Å²) in [6, 6.07) is 0. The van der Waals surface area contributed by atoms with E-state index in [4.69, 9.17) is 16.3 Å². The van der Waals surface area contributed by atoms with Gasteiger partial charge in [0, 0.05) is 5.38 Å². The van der Waals surface area contributed by atoms with Crippen molar-refractivity contribution in [3.8, 4) is 0 Å². The second kappa shape index (κ2) is 5.83. The Morgan fingerprint density at radius 3 is 2.87 bits per heavy atom. The number of halogens is 1. The van der Waals surface area contributed by atoms with E-state index in [1.54, 1.807) is 11.3 Å². The quantitative estimate of drug-likeness (QED) is 0.754. The monoisotopic (exact) mass is 245 g/mol. The third-order valence-corrected chi connectivity index (χ3v) is 3.88. The molecule has 0 aromatic carbocycles. The van der Waals surface area contributed by atoms with Crippen molar-refractivity contribution in [2.24, 2.45) is 0 Å². The van der Waals surface area contributed by atoms with Crippen molar-refractivity contribution in [2.75, 3.05) is 0 Å². The van der Waals surface area contributed by atoms with E-state index >= 15 is 0 Å². The lowest BCUT2D eigenvalue weighted by molar-refractivity contribution is 0.0167. The number of hydrogen-bond donors (Lipinski definition) is 0. The lowest BCUT2D eigenvalue weighted by atomic mass is 9.98. The van der Waals surface area contributed by atoms with Crippen LogP contribution < -0.4 is 0 Å². The van der Waals surface area contributed by atoms with Gasteiger partial charge >= 0.3 is 0 Å². The maximum absolute atomic E-state index is 5.83. The number of aromatic nitrogens is 1. The topological polar surface area (TPSA) is 22.1 Å². The van der Waals surface area contributed by atoms with Gasteiger partial charge in [-0.2, -0.15) is 0 Å². The summed E-state index contributed by atoms with van der Waals surface area (Å²) in [6.45, 7) is 0.659. The summed E-state index contributed by atoms with van der Waals surface area (Å²) in [7, 11) is 0. The summed E-state index contributed by atoms with van der Waals surface area (Å²) in [5, 5.41) is 3.06. The maximum Gasteiger partial charge on any atom is 0.119 e. The number of rotatable bonds is 4. The maximum atomic E-state index is 5.83. The molecule has 0 N–H and O–H groups in total. The largest absolute Gasteiger partial charge is 0.371 e. The number of hydrogen-bond acceptors (Lipinski definition) is 3. The first-order chi connectivity index (χ1) is 7.38. The highest BCUT2D eigenvalue weighted by atomic mass is 35.5. The van der Waals surface area contributed by atoms with Gasteiger partial charge < -0.3 is 4.74 Å². The Bertz CT molecular complexity index is 297. The van der Waals surface area contributed by atoms with Gasteiger partial charge in [-0.05, 0) is 12.8 Å². The van der Waals surface area contributed by atoms with Crippen LogP contribution in [0, 0.1) is 0 Å². The fourth-order valence-electron chi connectivity index (χ4n) is 1.90. The SMILES string of the molecule is ClCc1csc(COC2CCCCC2)n1. The van der Waals surface area contributed by atoms with Crippen molar-refractivity contribution < 1.29 is 4.74 Å². The van der Waals surface area contributed by atoms with E-state index in [1.165, 1.54) is 32.1 Å². The molecule has 84 valence electrons. The molecule has 1 aliphatic carbocycles. The average molecular weight is 246 g/mol. The van der Waals surface area contributed by atoms with E-state index in [2.05, 4.69) is 4.98 Å². The summed E-state index contributed by atoms with van der Waals surface area (Å²) in [5.41, 5.74) is 0.962. The summed E-state index contributed by atoms with van der Waals surface area (Å²) >= 11 is 7.33. The third-order valence-electron chi connectivity index (χ3n) is 2.73. The first-order valence-corrected chi connectivity index (χ1v) is 6.91. The summed E-state index contributed by atoms with van der Waals surface area (Å²) in [5.74, 6) is 0.500. The minimum absolute atomic E-state index is 0.460. The lowest BCUT2D eigenvalue weighted by Gasteiger charge is -2.21. The van der Waals surface area contributed by atoms with E-state index in [-0.39, 0.29) is 0 Å². The molecule has 0 saturated heterocycles. The summed E-state index contributed by atoms with van der Waals surface area (Å²) in [4.78, 5) is 4.37. The van der Waals surface area contributed by atoms with Gasteiger partial charge in [0.1, 0.15) is 5.01 Å². The van der Waals surface area contributed by atoms with Gasteiger partial charge in [-0.3, -0.25) is 0 Å². The van der Waals surface area contributed by atoms with Crippen LogP contribution >= 0.6 is 22.9 Å². The molecule has 0 amide bonds. The van der Waals surface area contributed by atoms with Crippen molar-refractivity contribution in [3.63, 3.8) is 0 Å². The molecule has 1 aromatic rings. The molecule has 0 spiro atoms. The lowest BCUT2D eigenvalue weighted by Crippen LogP contribution is -2.16. The van der Waals surface area contributed by atoms with Crippen LogP contribution in [0.1, 0.15) is 42.8 Å². The van der Waals surface area contributed by atoms with Gasteiger partial charge in [0.15, 0.2) is 0 Å². The average Bonchev–Trinajstić information content (AvgIpc) is 2.76. The Kier molecular flexibility index (Phi) is 4.42. The molecule has 0 unspecified atom stereocenters. The van der Waals surface area contributed by atoms with Gasteiger partial charge in [-0.15, -0.1) is 22.9 Å². The van der Waals surface area contributed by atoms with Crippen molar-refractivity contribution in [1.29, 1.82) is 0 Å². The van der Waals surface area contributed by atoms with Crippen LogP contribution in [-0.4, -0.2) is 11.1 Å². The Morgan fingerprint density at radius 2 is 2.20 bits per heavy atom. The smallest absolute Gasteiger partial charge is 0.119 e. The van der Waals surface area contributed by atoms with Crippen molar-refractivity contribution in [2.45, 2.75) is 50.7 Å². The highest BCUT2D eigenvalue weighted by molar-refractivity contribution is 7.09. The van der Waals surface area contributed by atoms with Crippen LogP contribution in [0.2, 0.25) is 0 Å². The summed E-state index contributed by atoms with van der Waals surface area (Å²) in [6.07, 6.45) is 6.89. The van der Waals surface area contributed by atoms with E-state index in [0.29, 0.717) is 18.6 Å². The molecule has 0 atom stereocenters. The van der Waals surface area contributed by atoms with Gasteiger partial charge in [0.25, 0.3) is 0 Å². The highest BCUT2D eigenvalue weighted by Gasteiger charge is 2.14. The zero-order valence-corrected chi connectivity index (χ0v) is 10.3. The minimum atomic E-state index is 0.460. The first kappa shape index (κ1) is 11.4. The molecule has 4 heteroatoms. The normalized spacial score (nSPS) is 18.2. The Balaban J connectivity index is 1.76. The molecule has 2 rings (SSSR count). The van der Waals surface area contributed by atoms with Gasteiger partial charge in [0.05, 0.1) is 24.3 Å². The number of ether oxygens (including phenoxy) is 1. The Morgan fingerprint density at radius 1 is 1.40 bits per heavy atom. The molecular weight excluding hydrogens is 230 g/mol. The fourth-order valence-corrected chi connectivity index (χ4v) is 2.84. The molecule has 1 fully saturated rings. The number of nitrogens with zero attached hydrogens (tertiary/aromatic N) is 1. The molecule has 0 bridgehead atoms. The molecular formula is C11H16ClNOS. The van der Waals surface area contributed by atoms with Crippen molar-refractivity contribution in [3.05, 3.63) is 16.1 Å². The van der Waals surface area contributed by atoms with E-state index in [9.17, 15) is 0 Å². The highest BCUT2D eigenvalue weighted by Crippen LogP contribution is 2.22. The Labute approximate surface area is 99.6 Å². The zero-order chi connectivity index (χ0) is 10.5. The molecule has 0 aliphatic heterocycles.